The lowest BCUT2D eigenvalue weighted by Gasteiger charge is -2.15. The third-order valence-electron chi connectivity index (χ3n) is 3.03. The predicted octanol–water partition coefficient (Wildman–Crippen LogP) is 3.98. The van der Waals surface area contributed by atoms with Crippen LogP contribution in [0.4, 0.5) is 0 Å². The summed E-state index contributed by atoms with van der Waals surface area (Å²) in [4.78, 5) is 0. The Morgan fingerprint density at radius 2 is 2.10 bits per heavy atom. The molecule has 20 heavy (non-hydrogen) atoms. The van der Waals surface area contributed by atoms with Crippen LogP contribution < -0.4 is 15.2 Å². The van der Waals surface area contributed by atoms with E-state index in [0.29, 0.717) is 23.9 Å². The molecule has 0 radical (unpaired) electrons. The minimum atomic E-state index is 0.555. The van der Waals surface area contributed by atoms with E-state index >= 15 is 0 Å². The average molecular weight is 298 g/mol. The van der Waals surface area contributed by atoms with Gasteiger partial charge in [0.15, 0.2) is 11.5 Å². The van der Waals surface area contributed by atoms with Crippen LogP contribution in [0.2, 0.25) is 5.02 Å². The van der Waals surface area contributed by atoms with E-state index in [1.165, 1.54) is 0 Å². The Morgan fingerprint density at radius 1 is 1.30 bits per heavy atom. The number of hydrogen-bond donors (Lipinski definition) is 1. The summed E-state index contributed by atoms with van der Waals surface area (Å²) < 4.78 is 11.2. The fourth-order valence-corrected chi connectivity index (χ4v) is 2.25. The van der Waals surface area contributed by atoms with E-state index in [1.807, 2.05) is 12.1 Å². The second-order valence-corrected chi connectivity index (χ2v) is 5.06. The summed E-state index contributed by atoms with van der Waals surface area (Å²) in [6.07, 6.45) is 7.03. The molecule has 0 atom stereocenters. The molecule has 0 amide bonds. The van der Waals surface area contributed by atoms with Crippen molar-refractivity contribution in [1.82, 2.24) is 0 Å². The maximum Gasteiger partial charge on any atom is 0.164 e. The highest BCUT2D eigenvalue weighted by atomic mass is 35.5. The van der Waals surface area contributed by atoms with Crippen molar-refractivity contribution < 1.29 is 9.47 Å². The fourth-order valence-electron chi connectivity index (χ4n) is 2.02. The first kappa shape index (κ1) is 16.9. The molecular weight excluding hydrogens is 274 g/mol. The van der Waals surface area contributed by atoms with Gasteiger partial charge < -0.3 is 15.2 Å². The Hall–Kier alpha value is -1.19. The second kappa shape index (κ2) is 9.67. The lowest BCUT2D eigenvalue weighted by molar-refractivity contribution is 0.282. The molecule has 0 aliphatic heterocycles. The number of benzene rings is 1. The van der Waals surface area contributed by atoms with E-state index in [-0.39, 0.29) is 0 Å². The lowest BCUT2D eigenvalue weighted by Crippen LogP contribution is -2.07. The summed E-state index contributed by atoms with van der Waals surface area (Å²) in [5.74, 6) is 1.44. The SMILES string of the molecule is C=CCCCCCOc1c(CCN)cc(Cl)cc1OC. The molecule has 0 fully saturated rings. The molecule has 1 rings (SSSR count). The summed E-state index contributed by atoms with van der Waals surface area (Å²) in [6, 6.07) is 3.67. The first-order valence-corrected chi connectivity index (χ1v) is 7.41. The topological polar surface area (TPSA) is 44.5 Å². The van der Waals surface area contributed by atoms with E-state index < -0.39 is 0 Å². The van der Waals surface area contributed by atoms with Gasteiger partial charge in [-0.25, -0.2) is 0 Å². The highest BCUT2D eigenvalue weighted by Gasteiger charge is 2.12. The van der Waals surface area contributed by atoms with Crippen LogP contribution >= 0.6 is 11.6 Å². The summed E-state index contributed by atoms with van der Waals surface area (Å²) in [6.45, 7) is 4.95. The van der Waals surface area contributed by atoms with Gasteiger partial charge in [0.1, 0.15) is 0 Å². The minimum Gasteiger partial charge on any atom is -0.493 e. The van der Waals surface area contributed by atoms with Gasteiger partial charge in [-0.05, 0) is 44.7 Å². The smallest absolute Gasteiger partial charge is 0.164 e. The molecule has 0 bridgehead atoms. The molecule has 0 saturated carbocycles. The first-order valence-electron chi connectivity index (χ1n) is 7.03. The Kier molecular flexibility index (Phi) is 8.16. The lowest BCUT2D eigenvalue weighted by atomic mass is 10.1. The van der Waals surface area contributed by atoms with E-state index in [1.54, 1.807) is 13.2 Å². The maximum absolute atomic E-state index is 6.07. The van der Waals surface area contributed by atoms with Crippen molar-refractivity contribution in [1.29, 1.82) is 0 Å². The van der Waals surface area contributed by atoms with Crippen LogP contribution in [0.3, 0.4) is 0 Å². The minimum absolute atomic E-state index is 0.555. The first-order chi connectivity index (χ1) is 9.72. The van der Waals surface area contributed by atoms with Crippen LogP contribution in [-0.4, -0.2) is 20.3 Å². The average Bonchev–Trinajstić information content (AvgIpc) is 2.44. The van der Waals surface area contributed by atoms with Crippen LogP contribution in [0.15, 0.2) is 24.8 Å². The van der Waals surface area contributed by atoms with Crippen molar-refractivity contribution in [3.63, 3.8) is 0 Å². The van der Waals surface area contributed by atoms with Crippen LogP contribution in [-0.2, 0) is 6.42 Å². The summed E-state index contributed by atoms with van der Waals surface area (Å²) >= 11 is 6.07. The number of halogens is 1. The quantitative estimate of drug-likeness (QED) is 0.525. The maximum atomic E-state index is 6.07. The summed E-state index contributed by atoms with van der Waals surface area (Å²) in [5.41, 5.74) is 6.63. The normalized spacial score (nSPS) is 10.3. The van der Waals surface area contributed by atoms with E-state index in [2.05, 4.69) is 6.58 Å². The number of unbranched alkanes of at least 4 members (excludes halogenated alkanes) is 3. The number of methoxy groups -OCH3 is 1. The molecule has 0 aliphatic rings. The number of rotatable bonds is 10. The van der Waals surface area contributed by atoms with E-state index in [9.17, 15) is 0 Å². The predicted molar refractivity (Wildman–Crippen MR) is 84.9 cm³/mol. The zero-order valence-corrected chi connectivity index (χ0v) is 12.9. The third-order valence-corrected chi connectivity index (χ3v) is 3.25. The second-order valence-electron chi connectivity index (χ2n) is 4.62. The zero-order valence-electron chi connectivity index (χ0n) is 12.2. The van der Waals surface area contributed by atoms with Crippen molar-refractivity contribution in [3.05, 3.63) is 35.4 Å². The van der Waals surface area contributed by atoms with Crippen molar-refractivity contribution in [2.24, 2.45) is 5.73 Å². The highest BCUT2D eigenvalue weighted by Crippen LogP contribution is 2.35. The van der Waals surface area contributed by atoms with Crippen molar-refractivity contribution in [2.45, 2.75) is 32.1 Å². The van der Waals surface area contributed by atoms with Crippen LogP contribution in [0.5, 0.6) is 11.5 Å². The van der Waals surface area contributed by atoms with Crippen molar-refractivity contribution >= 4 is 11.6 Å². The number of ether oxygens (including phenoxy) is 2. The largest absolute Gasteiger partial charge is 0.493 e. The Morgan fingerprint density at radius 3 is 2.75 bits per heavy atom. The zero-order chi connectivity index (χ0) is 14.8. The molecule has 2 N–H and O–H groups in total. The molecule has 0 saturated heterocycles. The fraction of sp³-hybridized carbons (Fsp3) is 0.500. The van der Waals surface area contributed by atoms with Gasteiger partial charge in [-0.3, -0.25) is 0 Å². The van der Waals surface area contributed by atoms with Gasteiger partial charge in [0.25, 0.3) is 0 Å². The van der Waals surface area contributed by atoms with Crippen molar-refractivity contribution in [3.8, 4) is 11.5 Å². The van der Waals surface area contributed by atoms with Gasteiger partial charge >= 0.3 is 0 Å². The van der Waals surface area contributed by atoms with Gasteiger partial charge in [-0.2, -0.15) is 0 Å². The van der Waals surface area contributed by atoms with Gasteiger partial charge in [-0.1, -0.05) is 17.7 Å². The van der Waals surface area contributed by atoms with Gasteiger partial charge in [0, 0.05) is 16.7 Å². The van der Waals surface area contributed by atoms with E-state index in [0.717, 1.165) is 43.4 Å². The molecule has 1 aromatic carbocycles. The number of hydrogen-bond acceptors (Lipinski definition) is 3. The summed E-state index contributed by atoms with van der Waals surface area (Å²) in [5, 5.41) is 0.642. The van der Waals surface area contributed by atoms with Gasteiger partial charge in [0.05, 0.1) is 13.7 Å². The molecule has 0 unspecified atom stereocenters. The monoisotopic (exact) mass is 297 g/mol. The van der Waals surface area contributed by atoms with Gasteiger partial charge in [0.2, 0.25) is 0 Å². The Balaban J connectivity index is 2.63. The Labute approximate surface area is 126 Å². The molecule has 0 spiro atoms. The third kappa shape index (κ3) is 5.43. The number of allylic oxidation sites excluding steroid dienone is 1. The molecule has 112 valence electrons. The van der Waals surface area contributed by atoms with Crippen LogP contribution in [0.25, 0.3) is 0 Å². The molecule has 0 aliphatic carbocycles. The van der Waals surface area contributed by atoms with Crippen LogP contribution in [0, 0.1) is 0 Å². The number of nitrogens with two attached hydrogens (primary N) is 1. The summed E-state index contributed by atoms with van der Waals surface area (Å²) in [7, 11) is 1.62. The molecule has 1 aromatic rings. The standard InChI is InChI=1S/C16H24ClNO2/c1-3-4-5-6-7-10-20-16-13(8-9-18)11-14(17)12-15(16)19-2/h3,11-12H,1,4-10,18H2,2H3. The van der Waals surface area contributed by atoms with Crippen LogP contribution in [0.1, 0.15) is 31.2 Å². The highest BCUT2D eigenvalue weighted by molar-refractivity contribution is 6.30. The molecule has 3 nitrogen and oxygen atoms in total. The molecule has 0 aromatic heterocycles. The molecule has 0 heterocycles. The van der Waals surface area contributed by atoms with Gasteiger partial charge in [-0.15, -0.1) is 6.58 Å². The Bertz CT molecular complexity index is 421. The van der Waals surface area contributed by atoms with E-state index in [4.69, 9.17) is 26.8 Å². The van der Waals surface area contributed by atoms with Crippen molar-refractivity contribution in [2.75, 3.05) is 20.3 Å². The molecule has 4 heteroatoms. The molecular formula is C16H24ClNO2.